The van der Waals surface area contributed by atoms with E-state index >= 15 is 0 Å². The van der Waals surface area contributed by atoms with E-state index in [1.807, 2.05) is 13.8 Å². The number of allylic oxidation sites excluding steroid dienone is 2. The van der Waals surface area contributed by atoms with Crippen molar-refractivity contribution in [3.05, 3.63) is 57.8 Å². The summed E-state index contributed by atoms with van der Waals surface area (Å²) >= 11 is 0. The molecule has 47 heavy (non-hydrogen) atoms. The minimum absolute atomic E-state index is 0.103. The van der Waals surface area contributed by atoms with Crippen LogP contribution in [0.2, 0.25) is 0 Å². The number of hydrogen-bond donors (Lipinski definition) is 9. The largest absolute Gasteiger partial charge is 0.508 e. The first kappa shape index (κ1) is 34.6. The van der Waals surface area contributed by atoms with Gasteiger partial charge in [-0.1, -0.05) is 11.6 Å². The van der Waals surface area contributed by atoms with Gasteiger partial charge in [0.05, 0.1) is 12.7 Å². The Bertz CT molecular complexity index is 1660. The zero-order chi connectivity index (χ0) is 34.3. The van der Waals surface area contributed by atoms with E-state index in [1.54, 1.807) is 6.08 Å². The number of aliphatic hydroxyl groups is 6. The third-order valence-electron chi connectivity index (χ3n) is 8.19. The van der Waals surface area contributed by atoms with E-state index in [2.05, 4.69) is 0 Å². The SMILES string of the molecule is CC(C)=CCc1c(O)cc(O)c2c(=O)c(O[C@@H]3O[C@H](C)[C@H](O)[C@@H](O)[C@@H]3O[C@@H]3O[C@H](CO)[C@H](O)[C@H](O)[C@H]3O)c(-c3ccc(O)cc3)oc12. The lowest BCUT2D eigenvalue weighted by Crippen LogP contribution is -2.64. The van der Waals surface area contributed by atoms with Crippen LogP contribution in [0.4, 0.5) is 0 Å². The van der Waals surface area contributed by atoms with Crippen LogP contribution in [0.1, 0.15) is 26.3 Å². The van der Waals surface area contributed by atoms with Gasteiger partial charge in [-0.3, -0.25) is 4.79 Å². The number of rotatable bonds is 8. The molecule has 256 valence electrons. The van der Waals surface area contributed by atoms with Crippen LogP contribution in [0.3, 0.4) is 0 Å². The van der Waals surface area contributed by atoms with E-state index in [0.717, 1.165) is 11.6 Å². The Morgan fingerprint density at radius 1 is 0.872 bits per heavy atom. The summed E-state index contributed by atoms with van der Waals surface area (Å²) < 4.78 is 29.2. The third-order valence-corrected chi connectivity index (χ3v) is 8.19. The number of aliphatic hydroxyl groups excluding tert-OH is 6. The van der Waals surface area contributed by atoms with Crippen molar-refractivity contribution in [2.45, 2.75) is 88.6 Å². The fraction of sp³-hybridized carbons (Fsp3) is 0.469. The average molecular weight is 663 g/mol. The molecular formula is C32H38O15. The highest BCUT2D eigenvalue weighted by molar-refractivity contribution is 5.91. The first-order valence-corrected chi connectivity index (χ1v) is 14.8. The molecule has 2 aromatic carbocycles. The standard InChI is InChI=1S/C32H38O15/c1-12(2)4-9-16-17(35)10-18(36)20-23(39)29(27(45-28(16)20)14-5-7-15(34)8-6-14)46-32-30(25(41)21(37)13(3)43-32)47-31-26(42)24(40)22(38)19(11-33)44-31/h4-8,10,13,19,21-22,24-26,30-38,40-42H,9,11H2,1-3H3/t13-,19-,21+,22+,24+,25-,26-,30+,31+,32+/m1/s1. The van der Waals surface area contributed by atoms with Crippen molar-refractivity contribution < 1.29 is 69.3 Å². The van der Waals surface area contributed by atoms with Gasteiger partial charge in [0.1, 0.15) is 64.8 Å². The number of ether oxygens (including phenoxy) is 4. The molecule has 1 aromatic heterocycles. The monoisotopic (exact) mass is 662 g/mol. The number of benzene rings is 2. The van der Waals surface area contributed by atoms with Crippen molar-refractivity contribution >= 4 is 11.0 Å². The normalized spacial score (nSPS) is 31.1. The van der Waals surface area contributed by atoms with Gasteiger partial charge in [0.15, 0.2) is 18.2 Å². The molecule has 0 amide bonds. The second kappa shape index (κ2) is 13.8. The molecule has 15 heteroatoms. The summed E-state index contributed by atoms with van der Waals surface area (Å²) in [5.41, 5.74) is 0.231. The molecule has 2 aliphatic heterocycles. The summed E-state index contributed by atoms with van der Waals surface area (Å²) in [7, 11) is 0. The van der Waals surface area contributed by atoms with E-state index in [4.69, 9.17) is 23.4 Å². The van der Waals surface area contributed by atoms with Crippen LogP contribution in [-0.4, -0.2) is 114 Å². The second-order valence-electron chi connectivity index (χ2n) is 11.8. The summed E-state index contributed by atoms with van der Waals surface area (Å²) in [6, 6.07) is 6.45. The fourth-order valence-corrected chi connectivity index (χ4v) is 5.48. The molecule has 0 radical (unpaired) electrons. The molecule has 2 saturated heterocycles. The predicted molar refractivity (Wildman–Crippen MR) is 162 cm³/mol. The molecule has 3 aromatic rings. The molecule has 2 aliphatic rings. The summed E-state index contributed by atoms with van der Waals surface area (Å²) in [5.74, 6) is -1.85. The van der Waals surface area contributed by atoms with Crippen LogP contribution in [0.25, 0.3) is 22.3 Å². The van der Waals surface area contributed by atoms with E-state index in [9.17, 15) is 50.8 Å². The highest BCUT2D eigenvalue weighted by Crippen LogP contribution is 2.40. The third kappa shape index (κ3) is 6.67. The highest BCUT2D eigenvalue weighted by Gasteiger charge is 2.51. The van der Waals surface area contributed by atoms with E-state index in [0.29, 0.717) is 0 Å². The summed E-state index contributed by atoms with van der Waals surface area (Å²) in [4.78, 5) is 14.2. The van der Waals surface area contributed by atoms with Gasteiger partial charge in [-0.05, 0) is 51.5 Å². The number of fused-ring (bicyclic) bond motifs is 1. The van der Waals surface area contributed by atoms with Gasteiger partial charge >= 0.3 is 0 Å². The molecule has 10 atom stereocenters. The Hall–Kier alpha value is -3.77. The lowest BCUT2D eigenvalue weighted by Gasteiger charge is -2.45. The predicted octanol–water partition coefficient (Wildman–Crippen LogP) is 0.116. The van der Waals surface area contributed by atoms with Gasteiger partial charge < -0.3 is 69.3 Å². The van der Waals surface area contributed by atoms with Gasteiger partial charge in [0.25, 0.3) is 0 Å². The quantitative estimate of drug-likeness (QED) is 0.145. The Morgan fingerprint density at radius 2 is 1.55 bits per heavy atom. The van der Waals surface area contributed by atoms with Gasteiger partial charge in [0.2, 0.25) is 17.5 Å². The van der Waals surface area contributed by atoms with Gasteiger partial charge in [-0.25, -0.2) is 0 Å². The van der Waals surface area contributed by atoms with Crippen LogP contribution in [0, 0.1) is 0 Å². The van der Waals surface area contributed by atoms with Crippen LogP contribution in [0.5, 0.6) is 23.0 Å². The number of aromatic hydroxyl groups is 3. The van der Waals surface area contributed by atoms with Crippen LogP contribution in [0.15, 0.2) is 51.2 Å². The Labute approximate surface area is 267 Å². The molecule has 0 unspecified atom stereocenters. The molecule has 9 N–H and O–H groups in total. The number of phenols is 3. The smallest absolute Gasteiger partial charge is 0.239 e. The van der Waals surface area contributed by atoms with Crippen molar-refractivity contribution in [2.24, 2.45) is 0 Å². The maximum atomic E-state index is 14.2. The lowest BCUT2D eigenvalue weighted by atomic mass is 9.97. The number of phenolic OH excluding ortho intramolecular Hbond substituents is 3. The van der Waals surface area contributed by atoms with Crippen LogP contribution < -0.4 is 10.2 Å². The Kier molecular flexibility index (Phi) is 10.1. The zero-order valence-electron chi connectivity index (χ0n) is 25.6. The van der Waals surface area contributed by atoms with Crippen molar-refractivity contribution in [1.29, 1.82) is 0 Å². The molecule has 15 nitrogen and oxygen atoms in total. The molecular weight excluding hydrogens is 624 g/mol. The highest BCUT2D eigenvalue weighted by atomic mass is 16.8. The maximum Gasteiger partial charge on any atom is 0.239 e. The van der Waals surface area contributed by atoms with Crippen molar-refractivity contribution in [3.8, 4) is 34.3 Å². The lowest BCUT2D eigenvalue weighted by molar-refractivity contribution is -0.355. The molecule has 0 bridgehead atoms. The minimum atomic E-state index is -1.89. The van der Waals surface area contributed by atoms with Gasteiger partial charge in [-0.2, -0.15) is 0 Å². The molecule has 0 spiro atoms. The van der Waals surface area contributed by atoms with Crippen LogP contribution >= 0.6 is 0 Å². The van der Waals surface area contributed by atoms with Crippen molar-refractivity contribution in [1.82, 2.24) is 0 Å². The van der Waals surface area contributed by atoms with Crippen LogP contribution in [-0.2, 0) is 20.6 Å². The van der Waals surface area contributed by atoms with E-state index in [-0.39, 0.29) is 45.8 Å². The molecule has 5 rings (SSSR count). The zero-order valence-corrected chi connectivity index (χ0v) is 25.6. The molecule has 2 fully saturated rings. The van der Waals surface area contributed by atoms with Crippen molar-refractivity contribution in [2.75, 3.05) is 6.61 Å². The van der Waals surface area contributed by atoms with Crippen molar-refractivity contribution in [3.63, 3.8) is 0 Å². The first-order chi connectivity index (χ1) is 22.2. The summed E-state index contributed by atoms with van der Waals surface area (Å²) in [5, 5.41) is 93.3. The minimum Gasteiger partial charge on any atom is -0.508 e. The second-order valence-corrected chi connectivity index (χ2v) is 11.8. The van der Waals surface area contributed by atoms with Gasteiger partial charge in [0, 0.05) is 17.2 Å². The number of hydrogen-bond acceptors (Lipinski definition) is 15. The maximum absolute atomic E-state index is 14.2. The molecule has 3 heterocycles. The summed E-state index contributed by atoms with van der Waals surface area (Å²) in [6.45, 7) is 4.31. The van der Waals surface area contributed by atoms with Gasteiger partial charge in [-0.15, -0.1) is 0 Å². The first-order valence-electron chi connectivity index (χ1n) is 14.8. The Balaban J connectivity index is 1.64. The molecule has 0 aliphatic carbocycles. The Morgan fingerprint density at radius 3 is 2.19 bits per heavy atom. The van der Waals surface area contributed by atoms with E-state index in [1.165, 1.54) is 31.2 Å². The topological polar surface area (TPSA) is 249 Å². The molecule has 0 saturated carbocycles. The summed E-state index contributed by atoms with van der Waals surface area (Å²) in [6.07, 6.45) is -14.6. The average Bonchev–Trinajstić information content (AvgIpc) is 3.02. The fourth-order valence-electron chi connectivity index (χ4n) is 5.48. The van der Waals surface area contributed by atoms with E-state index < -0.39 is 84.9 Å².